The number of hydrogen-bond acceptors (Lipinski definition) is 3. The van der Waals surface area contributed by atoms with E-state index in [0.717, 1.165) is 6.42 Å². The van der Waals surface area contributed by atoms with Gasteiger partial charge in [0.2, 0.25) is 5.91 Å². The molecule has 0 aliphatic rings. The minimum atomic E-state index is -0.0307. The summed E-state index contributed by atoms with van der Waals surface area (Å²) in [6, 6.07) is 0.417. The fourth-order valence-corrected chi connectivity index (χ4v) is 0.945. The number of nitrogens with one attached hydrogen (secondary N) is 1. The number of likely N-dealkylation sites (N-methyl/N-ethyl adjacent to an activating group) is 1. The van der Waals surface area contributed by atoms with E-state index >= 15 is 0 Å². The third-order valence-corrected chi connectivity index (χ3v) is 2.17. The quantitative estimate of drug-likeness (QED) is 0.608. The molecule has 0 fully saturated rings. The van der Waals surface area contributed by atoms with Crippen molar-refractivity contribution in [1.82, 2.24) is 10.2 Å². The van der Waals surface area contributed by atoms with Crippen molar-refractivity contribution in [3.8, 4) is 0 Å². The Morgan fingerprint density at radius 3 is 2.69 bits per heavy atom. The lowest BCUT2D eigenvalue weighted by Crippen LogP contribution is -2.40. The average molecular weight is 188 g/mol. The first-order valence-corrected chi connectivity index (χ1v) is 4.69. The maximum absolute atomic E-state index is 11.2. The maximum atomic E-state index is 11.2. The van der Waals surface area contributed by atoms with E-state index in [4.69, 9.17) is 5.11 Å². The van der Waals surface area contributed by atoms with Gasteiger partial charge in [-0.1, -0.05) is 6.92 Å². The summed E-state index contributed by atoms with van der Waals surface area (Å²) >= 11 is 0. The van der Waals surface area contributed by atoms with Gasteiger partial charge in [0.15, 0.2) is 0 Å². The number of carbonyl (C=O) groups excluding carboxylic acids is 1. The first-order chi connectivity index (χ1) is 6.11. The molecule has 0 aromatic rings. The van der Waals surface area contributed by atoms with Crippen molar-refractivity contribution in [3.63, 3.8) is 0 Å². The molecule has 0 spiro atoms. The van der Waals surface area contributed by atoms with E-state index in [9.17, 15) is 4.79 Å². The lowest BCUT2D eigenvalue weighted by atomic mass is 10.2. The van der Waals surface area contributed by atoms with E-state index in [2.05, 4.69) is 19.2 Å². The molecule has 1 unspecified atom stereocenters. The summed E-state index contributed by atoms with van der Waals surface area (Å²) in [4.78, 5) is 13.2. The van der Waals surface area contributed by atoms with E-state index in [1.54, 1.807) is 0 Å². The Hall–Kier alpha value is -0.610. The largest absolute Gasteiger partial charge is 0.395 e. The normalized spacial score (nSPS) is 13.0. The van der Waals surface area contributed by atoms with Gasteiger partial charge in [-0.15, -0.1) is 0 Å². The third kappa shape index (κ3) is 5.60. The number of rotatable bonds is 6. The Morgan fingerprint density at radius 2 is 2.23 bits per heavy atom. The fraction of sp³-hybridized carbons (Fsp3) is 0.889. The summed E-state index contributed by atoms with van der Waals surface area (Å²) in [5.74, 6) is -0.0307. The molecule has 0 aliphatic heterocycles. The van der Waals surface area contributed by atoms with Crippen LogP contribution in [0.25, 0.3) is 0 Å². The molecule has 0 rings (SSSR count). The lowest BCUT2D eigenvalue weighted by Gasteiger charge is -2.22. The molecule has 4 nitrogen and oxygen atoms in total. The van der Waals surface area contributed by atoms with Crippen molar-refractivity contribution >= 4 is 5.91 Å². The predicted octanol–water partition coefficient (Wildman–Crippen LogP) is -0.175. The Kier molecular flexibility index (Phi) is 6.54. The van der Waals surface area contributed by atoms with Crippen molar-refractivity contribution in [2.45, 2.75) is 26.3 Å². The number of amides is 1. The number of carbonyl (C=O) groups is 1. The van der Waals surface area contributed by atoms with Crippen LogP contribution in [0.5, 0.6) is 0 Å². The third-order valence-electron chi connectivity index (χ3n) is 2.17. The van der Waals surface area contributed by atoms with Crippen LogP contribution in [-0.4, -0.2) is 48.7 Å². The zero-order valence-electron chi connectivity index (χ0n) is 8.71. The molecule has 0 aliphatic carbocycles. The smallest absolute Gasteiger partial charge is 0.234 e. The first kappa shape index (κ1) is 12.4. The van der Waals surface area contributed by atoms with Gasteiger partial charge in [0, 0.05) is 12.6 Å². The zero-order valence-corrected chi connectivity index (χ0v) is 8.71. The molecule has 4 heteroatoms. The molecule has 78 valence electrons. The van der Waals surface area contributed by atoms with Crippen LogP contribution < -0.4 is 5.32 Å². The number of nitrogens with zero attached hydrogens (tertiary/aromatic N) is 1. The van der Waals surface area contributed by atoms with Crippen LogP contribution in [0.3, 0.4) is 0 Å². The van der Waals surface area contributed by atoms with Gasteiger partial charge in [0.1, 0.15) is 0 Å². The van der Waals surface area contributed by atoms with Gasteiger partial charge < -0.3 is 10.4 Å². The molecule has 0 aromatic heterocycles. The molecule has 2 N–H and O–H groups in total. The first-order valence-electron chi connectivity index (χ1n) is 4.69. The van der Waals surface area contributed by atoms with E-state index in [1.165, 1.54) is 0 Å². The summed E-state index contributed by atoms with van der Waals surface area (Å²) < 4.78 is 0. The van der Waals surface area contributed by atoms with Crippen LogP contribution in [0.15, 0.2) is 0 Å². The van der Waals surface area contributed by atoms with Crippen LogP contribution in [0.1, 0.15) is 20.3 Å². The SMILES string of the molecule is CCC(C)N(C)CC(=O)NCCO. The molecular formula is C9H20N2O2. The second kappa shape index (κ2) is 6.86. The van der Waals surface area contributed by atoms with E-state index in [1.807, 2.05) is 11.9 Å². The van der Waals surface area contributed by atoms with E-state index < -0.39 is 0 Å². The summed E-state index contributed by atoms with van der Waals surface area (Å²) in [5, 5.41) is 11.1. The molecule has 0 saturated carbocycles. The topological polar surface area (TPSA) is 52.6 Å². The van der Waals surface area contributed by atoms with Gasteiger partial charge in [-0.2, -0.15) is 0 Å². The summed E-state index contributed by atoms with van der Waals surface area (Å²) in [6.45, 7) is 4.91. The van der Waals surface area contributed by atoms with Crippen molar-refractivity contribution in [2.24, 2.45) is 0 Å². The molecule has 0 saturated heterocycles. The number of aliphatic hydroxyl groups excluding tert-OH is 1. The van der Waals surface area contributed by atoms with Crippen LogP contribution >= 0.6 is 0 Å². The van der Waals surface area contributed by atoms with Gasteiger partial charge in [-0.05, 0) is 20.4 Å². The monoisotopic (exact) mass is 188 g/mol. The minimum absolute atomic E-state index is 0.00120. The molecule has 13 heavy (non-hydrogen) atoms. The maximum Gasteiger partial charge on any atom is 0.234 e. The molecule has 1 atom stereocenters. The number of aliphatic hydroxyl groups is 1. The summed E-state index contributed by atoms with van der Waals surface area (Å²) in [6.07, 6.45) is 1.03. The van der Waals surface area contributed by atoms with E-state index in [0.29, 0.717) is 19.1 Å². The molecular weight excluding hydrogens is 168 g/mol. The second-order valence-corrected chi connectivity index (χ2v) is 3.25. The van der Waals surface area contributed by atoms with Gasteiger partial charge in [0.05, 0.1) is 13.2 Å². The Labute approximate surface area is 79.9 Å². The van der Waals surface area contributed by atoms with Crippen LogP contribution in [0.2, 0.25) is 0 Å². The summed E-state index contributed by atoms with van der Waals surface area (Å²) in [7, 11) is 1.92. The van der Waals surface area contributed by atoms with Crippen molar-refractivity contribution in [1.29, 1.82) is 0 Å². The number of hydrogen-bond donors (Lipinski definition) is 2. The highest BCUT2D eigenvalue weighted by Gasteiger charge is 2.10. The lowest BCUT2D eigenvalue weighted by molar-refractivity contribution is -0.122. The highest BCUT2D eigenvalue weighted by molar-refractivity contribution is 5.77. The highest BCUT2D eigenvalue weighted by Crippen LogP contribution is 1.98. The zero-order chi connectivity index (χ0) is 10.3. The van der Waals surface area contributed by atoms with Crippen molar-refractivity contribution in [2.75, 3.05) is 26.7 Å². The summed E-state index contributed by atoms with van der Waals surface area (Å²) in [5.41, 5.74) is 0. The standard InChI is InChI=1S/C9H20N2O2/c1-4-8(2)11(3)7-9(13)10-5-6-12/h8,12H,4-7H2,1-3H3,(H,10,13). The highest BCUT2D eigenvalue weighted by atomic mass is 16.3. The molecule has 0 bridgehead atoms. The van der Waals surface area contributed by atoms with Gasteiger partial charge in [0.25, 0.3) is 0 Å². The minimum Gasteiger partial charge on any atom is -0.395 e. The van der Waals surface area contributed by atoms with Gasteiger partial charge >= 0.3 is 0 Å². The Balaban J connectivity index is 3.64. The molecule has 0 heterocycles. The molecule has 1 amide bonds. The van der Waals surface area contributed by atoms with E-state index in [-0.39, 0.29) is 12.5 Å². The van der Waals surface area contributed by atoms with Gasteiger partial charge in [-0.25, -0.2) is 0 Å². The van der Waals surface area contributed by atoms with Crippen LogP contribution in [-0.2, 0) is 4.79 Å². The predicted molar refractivity (Wildman–Crippen MR) is 52.5 cm³/mol. The van der Waals surface area contributed by atoms with Crippen molar-refractivity contribution < 1.29 is 9.90 Å². The second-order valence-electron chi connectivity index (χ2n) is 3.25. The van der Waals surface area contributed by atoms with Gasteiger partial charge in [-0.3, -0.25) is 9.69 Å². The van der Waals surface area contributed by atoms with Crippen LogP contribution in [0, 0.1) is 0 Å². The van der Waals surface area contributed by atoms with Crippen LogP contribution in [0.4, 0.5) is 0 Å². The molecule has 0 aromatic carbocycles. The molecule has 0 radical (unpaired) electrons. The Morgan fingerprint density at radius 1 is 1.62 bits per heavy atom. The Bertz CT molecular complexity index is 151. The average Bonchev–Trinajstić information content (AvgIpc) is 2.13. The fourth-order valence-electron chi connectivity index (χ4n) is 0.945. The van der Waals surface area contributed by atoms with Crippen molar-refractivity contribution in [3.05, 3.63) is 0 Å².